The molecule has 1 aliphatic carbocycles. The molecule has 0 atom stereocenters. The Kier molecular flexibility index (Phi) is 4.02. The van der Waals surface area contributed by atoms with Crippen molar-refractivity contribution in [3.63, 3.8) is 0 Å². The molecule has 1 aromatic rings. The molecule has 0 aromatic heterocycles. The summed E-state index contributed by atoms with van der Waals surface area (Å²) in [5, 5.41) is 6.27. The zero-order valence-corrected chi connectivity index (χ0v) is 10.3. The Morgan fingerprint density at radius 3 is 2.41 bits per heavy atom. The summed E-state index contributed by atoms with van der Waals surface area (Å²) >= 11 is 0. The van der Waals surface area contributed by atoms with Crippen LogP contribution in [0.2, 0.25) is 0 Å². The third-order valence-electron chi connectivity index (χ3n) is 3.21. The van der Waals surface area contributed by atoms with E-state index in [1.807, 2.05) is 24.3 Å². The third-order valence-corrected chi connectivity index (χ3v) is 3.21. The van der Waals surface area contributed by atoms with Crippen molar-refractivity contribution >= 4 is 17.3 Å². The number of amides is 1. The van der Waals surface area contributed by atoms with Crippen LogP contribution in [0.5, 0.6) is 0 Å². The Morgan fingerprint density at radius 2 is 1.88 bits per heavy atom. The highest BCUT2D eigenvalue weighted by Crippen LogP contribution is 2.27. The maximum atomic E-state index is 11.7. The lowest BCUT2D eigenvalue weighted by molar-refractivity contribution is -0.122. The van der Waals surface area contributed by atoms with Crippen LogP contribution in [0.4, 0.5) is 11.4 Å². The molecule has 92 valence electrons. The van der Waals surface area contributed by atoms with Crippen molar-refractivity contribution in [1.29, 1.82) is 0 Å². The molecule has 1 aromatic carbocycles. The maximum Gasteiger partial charge on any atom is 0.227 e. The Balaban J connectivity index is 1.86. The van der Waals surface area contributed by atoms with Gasteiger partial charge in [0.1, 0.15) is 0 Å². The van der Waals surface area contributed by atoms with Gasteiger partial charge in [0, 0.05) is 23.8 Å². The summed E-state index contributed by atoms with van der Waals surface area (Å²) in [6, 6.07) is 7.92. The van der Waals surface area contributed by atoms with Crippen molar-refractivity contribution in [1.82, 2.24) is 0 Å². The van der Waals surface area contributed by atoms with Gasteiger partial charge in [-0.2, -0.15) is 0 Å². The van der Waals surface area contributed by atoms with E-state index in [-0.39, 0.29) is 11.8 Å². The monoisotopic (exact) mass is 232 g/mol. The normalized spacial score (nSPS) is 15.1. The molecule has 0 saturated heterocycles. The van der Waals surface area contributed by atoms with E-state index in [4.69, 9.17) is 0 Å². The number of carbonyl (C=O) groups excluding carboxylic acids is 1. The van der Waals surface area contributed by atoms with E-state index in [2.05, 4.69) is 17.6 Å². The highest BCUT2D eigenvalue weighted by molar-refractivity contribution is 5.93. The topological polar surface area (TPSA) is 41.1 Å². The second kappa shape index (κ2) is 5.71. The molecule has 17 heavy (non-hydrogen) atoms. The van der Waals surface area contributed by atoms with Gasteiger partial charge in [-0.1, -0.05) is 13.3 Å². The number of hydrogen-bond acceptors (Lipinski definition) is 2. The molecular formula is C14H20N2O. The summed E-state index contributed by atoms with van der Waals surface area (Å²) in [5.74, 6) is 0.415. The number of nitrogens with one attached hydrogen (secondary N) is 2. The molecule has 0 heterocycles. The number of rotatable bonds is 5. The second-order valence-corrected chi connectivity index (χ2v) is 4.62. The van der Waals surface area contributed by atoms with Crippen molar-refractivity contribution in [2.45, 2.75) is 32.6 Å². The minimum atomic E-state index is 0.172. The van der Waals surface area contributed by atoms with Crippen LogP contribution in [0.25, 0.3) is 0 Å². The van der Waals surface area contributed by atoms with Crippen LogP contribution in [0.1, 0.15) is 32.6 Å². The van der Waals surface area contributed by atoms with E-state index in [1.54, 1.807) is 0 Å². The highest BCUT2D eigenvalue weighted by Gasteiger charge is 2.24. The molecule has 3 heteroatoms. The number of benzene rings is 1. The Hall–Kier alpha value is -1.51. The molecule has 0 spiro atoms. The van der Waals surface area contributed by atoms with Gasteiger partial charge in [0.15, 0.2) is 0 Å². The van der Waals surface area contributed by atoms with Crippen LogP contribution in [-0.4, -0.2) is 12.5 Å². The number of carbonyl (C=O) groups is 1. The molecule has 0 bridgehead atoms. The largest absolute Gasteiger partial charge is 0.385 e. The van der Waals surface area contributed by atoms with Gasteiger partial charge in [-0.25, -0.2) is 0 Å². The SMILES string of the molecule is CCCNc1ccc(NC(=O)C2CCC2)cc1. The first-order valence-electron chi connectivity index (χ1n) is 6.44. The molecule has 0 aliphatic heterocycles. The molecule has 2 rings (SSSR count). The predicted octanol–water partition coefficient (Wildman–Crippen LogP) is 3.25. The van der Waals surface area contributed by atoms with Crippen molar-refractivity contribution in [2.24, 2.45) is 5.92 Å². The molecule has 0 unspecified atom stereocenters. The lowest BCUT2D eigenvalue weighted by atomic mass is 9.85. The standard InChI is InChI=1S/C14H20N2O/c1-2-10-15-12-6-8-13(9-7-12)16-14(17)11-4-3-5-11/h6-9,11,15H,2-5,10H2,1H3,(H,16,17). The van der Waals surface area contributed by atoms with Crippen molar-refractivity contribution < 1.29 is 4.79 Å². The molecular weight excluding hydrogens is 212 g/mol. The lowest BCUT2D eigenvalue weighted by Gasteiger charge is -2.24. The molecule has 1 fully saturated rings. The van der Waals surface area contributed by atoms with Crippen LogP contribution in [0.3, 0.4) is 0 Å². The maximum absolute atomic E-state index is 11.7. The quantitative estimate of drug-likeness (QED) is 0.818. The van der Waals surface area contributed by atoms with Crippen LogP contribution in [0, 0.1) is 5.92 Å². The average Bonchev–Trinajstić information content (AvgIpc) is 2.26. The second-order valence-electron chi connectivity index (χ2n) is 4.62. The fourth-order valence-corrected chi connectivity index (χ4v) is 1.86. The van der Waals surface area contributed by atoms with Gasteiger partial charge in [-0.05, 0) is 43.5 Å². The van der Waals surface area contributed by atoms with E-state index >= 15 is 0 Å². The number of anilines is 2. The first-order valence-corrected chi connectivity index (χ1v) is 6.44. The van der Waals surface area contributed by atoms with Gasteiger partial charge < -0.3 is 10.6 Å². The Morgan fingerprint density at radius 1 is 1.24 bits per heavy atom. The van der Waals surface area contributed by atoms with Crippen LogP contribution >= 0.6 is 0 Å². The summed E-state index contributed by atoms with van der Waals surface area (Å²) in [6.45, 7) is 3.12. The van der Waals surface area contributed by atoms with E-state index in [0.717, 1.165) is 37.2 Å². The predicted molar refractivity (Wildman–Crippen MR) is 71.2 cm³/mol. The molecule has 0 radical (unpaired) electrons. The van der Waals surface area contributed by atoms with Crippen LogP contribution in [0.15, 0.2) is 24.3 Å². The van der Waals surface area contributed by atoms with Crippen molar-refractivity contribution in [2.75, 3.05) is 17.2 Å². The molecule has 1 amide bonds. The van der Waals surface area contributed by atoms with Crippen molar-refractivity contribution in [3.8, 4) is 0 Å². The van der Waals surface area contributed by atoms with E-state index in [1.165, 1.54) is 6.42 Å². The fourth-order valence-electron chi connectivity index (χ4n) is 1.86. The summed E-state index contributed by atoms with van der Waals surface area (Å²) in [5.41, 5.74) is 2.00. The molecule has 3 nitrogen and oxygen atoms in total. The van der Waals surface area contributed by atoms with Gasteiger partial charge in [-0.3, -0.25) is 4.79 Å². The molecule has 1 saturated carbocycles. The highest BCUT2D eigenvalue weighted by atomic mass is 16.1. The number of hydrogen-bond donors (Lipinski definition) is 2. The Labute approximate surface area is 103 Å². The van der Waals surface area contributed by atoms with E-state index < -0.39 is 0 Å². The van der Waals surface area contributed by atoms with Gasteiger partial charge in [0.05, 0.1) is 0 Å². The van der Waals surface area contributed by atoms with Gasteiger partial charge in [0.2, 0.25) is 5.91 Å². The van der Waals surface area contributed by atoms with Crippen LogP contribution in [-0.2, 0) is 4.79 Å². The summed E-state index contributed by atoms with van der Waals surface area (Å²) < 4.78 is 0. The zero-order valence-electron chi connectivity index (χ0n) is 10.3. The van der Waals surface area contributed by atoms with Crippen LogP contribution < -0.4 is 10.6 Å². The first kappa shape index (κ1) is 12.0. The summed E-state index contributed by atoms with van der Waals surface area (Å²) in [7, 11) is 0. The van der Waals surface area contributed by atoms with E-state index in [0.29, 0.717) is 0 Å². The minimum Gasteiger partial charge on any atom is -0.385 e. The van der Waals surface area contributed by atoms with Gasteiger partial charge in [0.25, 0.3) is 0 Å². The lowest BCUT2D eigenvalue weighted by Crippen LogP contribution is -2.27. The van der Waals surface area contributed by atoms with E-state index in [9.17, 15) is 4.79 Å². The summed E-state index contributed by atoms with van der Waals surface area (Å²) in [6.07, 6.45) is 4.39. The minimum absolute atomic E-state index is 0.172. The molecule has 1 aliphatic rings. The fraction of sp³-hybridized carbons (Fsp3) is 0.500. The first-order chi connectivity index (χ1) is 8.29. The van der Waals surface area contributed by atoms with Gasteiger partial charge >= 0.3 is 0 Å². The summed E-state index contributed by atoms with van der Waals surface area (Å²) in [4.78, 5) is 11.7. The molecule has 2 N–H and O–H groups in total. The smallest absolute Gasteiger partial charge is 0.227 e. The zero-order chi connectivity index (χ0) is 12.1. The van der Waals surface area contributed by atoms with Gasteiger partial charge in [-0.15, -0.1) is 0 Å². The average molecular weight is 232 g/mol. The third kappa shape index (κ3) is 3.22. The van der Waals surface area contributed by atoms with Crippen molar-refractivity contribution in [3.05, 3.63) is 24.3 Å². The Bertz CT molecular complexity index is 368.